The van der Waals surface area contributed by atoms with Crippen LogP contribution in [-0.2, 0) is 0 Å². The van der Waals surface area contributed by atoms with Crippen molar-refractivity contribution >= 4 is 16.9 Å². The predicted molar refractivity (Wildman–Crippen MR) is 62.3 cm³/mol. The molecule has 1 fully saturated rings. The van der Waals surface area contributed by atoms with Crippen molar-refractivity contribution in [3.63, 3.8) is 0 Å². The highest BCUT2D eigenvalue weighted by atomic mass is 16.4. The van der Waals surface area contributed by atoms with Gasteiger partial charge in [0.15, 0.2) is 0 Å². The van der Waals surface area contributed by atoms with E-state index in [1.807, 2.05) is 0 Å². The predicted octanol–water partition coefficient (Wildman–Crippen LogP) is 2.52. The lowest BCUT2D eigenvalue weighted by atomic mass is 10.1. The average Bonchev–Trinajstić information content (AvgIpc) is 3.13. The molecule has 1 heterocycles. The maximum absolute atomic E-state index is 10.8. The molecule has 0 saturated heterocycles. The van der Waals surface area contributed by atoms with Crippen molar-refractivity contribution in [2.24, 2.45) is 0 Å². The molecular weight excluding hydrogens is 218 g/mol. The number of benzene rings is 1. The number of aromatic carboxylic acids is 1. The zero-order valence-electron chi connectivity index (χ0n) is 9.05. The number of aromatic hydroxyl groups is 1. The summed E-state index contributed by atoms with van der Waals surface area (Å²) in [6.07, 6.45) is 3.84. The van der Waals surface area contributed by atoms with Crippen molar-refractivity contribution < 1.29 is 15.0 Å². The molecule has 3 rings (SSSR count). The molecule has 4 heteroatoms. The van der Waals surface area contributed by atoms with E-state index in [9.17, 15) is 9.90 Å². The zero-order chi connectivity index (χ0) is 12.0. The first-order valence-electron chi connectivity index (χ1n) is 5.52. The van der Waals surface area contributed by atoms with Gasteiger partial charge in [-0.3, -0.25) is 4.98 Å². The molecule has 0 spiro atoms. The molecule has 1 aromatic carbocycles. The van der Waals surface area contributed by atoms with Gasteiger partial charge in [0.2, 0.25) is 0 Å². The first kappa shape index (κ1) is 10.1. The summed E-state index contributed by atoms with van der Waals surface area (Å²) in [7, 11) is 0. The van der Waals surface area contributed by atoms with Crippen molar-refractivity contribution in [1.82, 2.24) is 4.98 Å². The van der Waals surface area contributed by atoms with Gasteiger partial charge in [-0.2, -0.15) is 0 Å². The molecule has 1 aromatic heterocycles. The molecule has 2 aromatic rings. The maximum atomic E-state index is 10.8. The highest BCUT2D eigenvalue weighted by molar-refractivity contribution is 5.95. The van der Waals surface area contributed by atoms with Gasteiger partial charge in [-0.15, -0.1) is 0 Å². The number of hydrogen-bond acceptors (Lipinski definition) is 3. The minimum atomic E-state index is -0.987. The largest absolute Gasteiger partial charge is 0.507 e. The number of carbonyl (C=O) groups is 1. The Balaban J connectivity index is 2.20. The second kappa shape index (κ2) is 3.45. The minimum absolute atomic E-state index is 0.184. The first-order valence-corrected chi connectivity index (χ1v) is 5.52. The van der Waals surface area contributed by atoms with Gasteiger partial charge in [-0.05, 0) is 37.0 Å². The van der Waals surface area contributed by atoms with Crippen LogP contribution in [0.5, 0.6) is 5.75 Å². The van der Waals surface area contributed by atoms with Crippen LogP contribution in [0.4, 0.5) is 0 Å². The van der Waals surface area contributed by atoms with E-state index in [1.54, 1.807) is 12.3 Å². The van der Waals surface area contributed by atoms with Gasteiger partial charge in [0.25, 0.3) is 0 Å². The number of aromatic nitrogens is 1. The Morgan fingerprint density at radius 3 is 2.76 bits per heavy atom. The maximum Gasteiger partial charge on any atom is 0.335 e. The van der Waals surface area contributed by atoms with Crippen molar-refractivity contribution in [2.45, 2.75) is 18.8 Å². The fraction of sp³-hybridized carbons (Fsp3) is 0.231. The smallest absolute Gasteiger partial charge is 0.335 e. The monoisotopic (exact) mass is 229 g/mol. The second-order valence-electron chi connectivity index (χ2n) is 4.37. The Kier molecular flexibility index (Phi) is 2.04. The molecule has 0 bridgehead atoms. The fourth-order valence-electron chi connectivity index (χ4n) is 2.02. The quantitative estimate of drug-likeness (QED) is 0.830. The number of hydrogen-bond donors (Lipinski definition) is 2. The number of fused-ring (bicyclic) bond motifs is 1. The molecule has 0 amide bonds. The summed E-state index contributed by atoms with van der Waals surface area (Å²) in [5, 5.41) is 19.6. The molecule has 1 aliphatic carbocycles. The molecule has 2 N–H and O–H groups in total. The average molecular weight is 229 g/mol. The van der Waals surface area contributed by atoms with Crippen LogP contribution in [0.2, 0.25) is 0 Å². The second-order valence-corrected chi connectivity index (χ2v) is 4.37. The number of carboxylic acids is 1. The lowest BCUT2D eigenvalue weighted by Crippen LogP contribution is -1.96. The Bertz CT molecular complexity index is 617. The van der Waals surface area contributed by atoms with E-state index in [1.165, 1.54) is 12.1 Å². The lowest BCUT2D eigenvalue weighted by Gasteiger charge is -2.06. The standard InChI is InChI=1S/C13H11NO3/c15-12-9-4-3-8(13(16)17)5-11(9)14-6-10(12)7-1-2-7/h3-7H,1-2H2,(H,14,15)(H,16,17). The van der Waals surface area contributed by atoms with E-state index >= 15 is 0 Å². The summed E-state index contributed by atoms with van der Waals surface area (Å²) in [4.78, 5) is 15.0. The van der Waals surface area contributed by atoms with Crippen LogP contribution >= 0.6 is 0 Å². The molecule has 86 valence electrons. The van der Waals surface area contributed by atoms with Gasteiger partial charge in [0, 0.05) is 17.1 Å². The van der Waals surface area contributed by atoms with E-state index in [0.717, 1.165) is 18.4 Å². The molecule has 17 heavy (non-hydrogen) atoms. The number of pyridine rings is 1. The minimum Gasteiger partial charge on any atom is -0.507 e. The SMILES string of the molecule is O=C(O)c1ccc2c(O)c(C3CC3)cnc2c1. The van der Waals surface area contributed by atoms with Crippen LogP contribution in [0, 0.1) is 0 Å². The highest BCUT2D eigenvalue weighted by Gasteiger charge is 2.27. The normalized spacial score (nSPS) is 15.1. The summed E-state index contributed by atoms with van der Waals surface area (Å²) in [5.41, 5.74) is 1.58. The van der Waals surface area contributed by atoms with Crippen LogP contribution in [0.1, 0.15) is 34.7 Å². The third kappa shape index (κ3) is 1.62. The van der Waals surface area contributed by atoms with Gasteiger partial charge < -0.3 is 10.2 Å². The molecule has 0 radical (unpaired) electrons. The molecule has 1 saturated carbocycles. The molecule has 0 unspecified atom stereocenters. The zero-order valence-corrected chi connectivity index (χ0v) is 9.05. The van der Waals surface area contributed by atoms with Gasteiger partial charge in [0.05, 0.1) is 11.1 Å². The summed E-state index contributed by atoms with van der Waals surface area (Å²) in [6, 6.07) is 4.59. The number of carboxylic acid groups (broad SMARTS) is 1. The topological polar surface area (TPSA) is 70.4 Å². The highest BCUT2D eigenvalue weighted by Crippen LogP contribution is 2.45. The molecular formula is C13H11NO3. The van der Waals surface area contributed by atoms with Gasteiger partial charge in [-0.25, -0.2) is 4.79 Å². The van der Waals surface area contributed by atoms with Crippen LogP contribution in [0.15, 0.2) is 24.4 Å². The number of rotatable bonds is 2. The van der Waals surface area contributed by atoms with Crippen LogP contribution < -0.4 is 0 Å². The van der Waals surface area contributed by atoms with E-state index in [4.69, 9.17) is 5.11 Å². The van der Waals surface area contributed by atoms with Crippen molar-refractivity contribution in [3.8, 4) is 5.75 Å². The summed E-state index contributed by atoms with van der Waals surface area (Å²) in [5.74, 6) is -0.319. The summed E-state index contributed by atoms with van der Waals surface area (Å²) in [6.45, 7) is 0. The molecule has 1 aliphatic rings. The van der Waals surface area contributed by atoms with Crippen LogP contribution in [-0.4, -0.2) is 21.2 Å². The molecule has 4 nitrogen and oxygen atoms in total. The third-order valence-corrected chi connectivity index (χ3v) is 3.13. The molecule has 0 aliphatic heterocycles. The van der Waals surface area contributed by atoms with Crippen LogP contribution in [0.3, 0.4) is 0 Å². The fourth-order valence-corrected chi connectivity index (χ4v) is 2.02. The Labute approximate surface area is 97.5 Å². The summed E-state index contributed by atoms with van der Waals surface area (Å²) < 4.78 is 0. The van der Waals surface area contributed by atoms with E-state index < -0.39 is 5.97 Å². The van der Waals surface area contributed by atoms with Crippen molar-refractivity contribution in [3.05, 3.63) is 35.5 Å². The molecule has 0 atom stereocenters. The van der Waals surface area contributed by atoms with Crippen molar-refractivity contribution in [2.75, 3.05) is 0 Å². The summed E-state index contributed by atoms with van der Waals surface area (Å²) >= 11 is 0. The lowest BCUT2D eigenvalue weighted by molar-refractivity contribution is 0.0697. The first-order chi connectivity index (χ1) is 8.16. The van der Waals surface area contributed by atoms with E-state index in [-0.39, 0.29) is 11.3 Å². The van der Waals surface area contributed by atoms with Gasteiger partial charge in [0.1, 0.15) is 5.75 Å². The Hall–Kier alpha value is -2.10. The van der Waals surface area contributed by atoms with E-state index in [2.05, 4.69) is 4.98 Å². The Morgan fingerprint density at radius 2 is 2.12 bits per heavy atom. The third-order valence-electron chi connectivity index (χ3n) is 3.13. The van der Waals surface area contributed by atoms with Gasteiger partial charge in [-0.1, -0.05) is 0 Å². The van der Waals surface area contributed by atoms with E-state index in [0.29, 0.717) is 16.8 Å². The van der Waals surface area contributed by atoms with Gasteiger partial charge >= 0.3 is 5.97 Å². The Morgan fingerprint density at radius 1 is 1.35 bits per heavy atom. The van der Waals surface area contributed by atoms with Crippen LogP contribution in [0.25, 0.3) is 10.9 Å². The number of nitrogens with zero attached hydrogens (tertiary/aromatic N) is 1. The van der Waals surface area contributed by atoms with Crippen molar-refractivity contribution in [1.29, 1.82) is 0 Å².